The number of nitrogens with zero attached hydrogens (tertiary/aromatic N) is 1. The molecule has 8 heavy (non-hydrogen) atoms. The van der Waals surface area contributed by atoms with E-state index >= 15 is 0 Å². The van der Waals surface area contributed by atoms with Crippen molar-refractivity contribution in [3.8, 4) is 0 Å². The molecule has 0 unspecified atom stereocenters. The van der Waals surface area contributed by atoms with E-state index < -0.39 is 0 Å². The zero-order chi connectivity index (χ0) is 5.11. The van der Waals surface area contributed by atoms with Crippen LogP contribution in [0.3, 0.4) is 0 Å². The summed E-state index contributed by atoms with van der Waals surface area (Å²) in [6.45, 7) is 0. The first-order valence-corrected chi connectivity index (χ1v) is 2.63. The second-order valence-corrected chi connectivity index (χ2v) is 1.87. The third kappa shape index (κ3) is 2.16. The topological polar surface area (TPSA) is 32.6 Å². The van der Waals surface area contributed by atoms with Crippen LogP contribution >= 0.6 is 0 Å². The second-order valence-electron chi connectivity index (χ2n) is 1.87. The molecule has 0 aromatic rings. The van der Waals surface area contributed by atoms with Gasteiger partial charge in [0.25, 0.3) is 0 Å². The Bertz CT molecular complexity index is 89.0. The molecule has 0 saturated heterocycles. The Morgan fingerprint density at radius 3 is 2.12 bits per heavy atom. The molecule has 0 radical (unpaired) electrons. The van der Waals surface area contributed by atoms with E-state index in [1.807, 2.05) is 0 Å². The summed E-state index contributed by atoms with van der Waals surface area (Å²) < 4.78 is 0. The molecule has 1 fully saturated rings. The van der Waals surface area contributed by atoms with Crippen LogP contribution in [-0.2, 0) is 0 Å². The van der Waals surface area contributed by atoms with Crippen LogP contribution in [0, 0.1) is 0 Å². The van der Waals surface area contributed by atoms with Gasteiger partial charge >= 0.3 is 29.6 Å². The second kappa shape index (κ2) is 4.36. The van der Waals surface area contributed by atoms with Crippen LogP contribution in [-0.4, -0.2) is 10.9 Å². The summed E-state index contributed by atoms with van der Waals surface area (Å²) in [6, 6.07) is 0. The Morgan fingerprint density at radius 1 is 1.38 bits per heavy atom. The minimum absolute atomic E-state index is 0. The molecule has 0 bridgehead atoms. The maximum Gasteiger partial charge on any atom is 1.00 e. The molecule has 1 rings (SSSR count). The van der Waals surface area contributed by atoms with Crippen LogP contribution in [0.2, 0.25) is 0 Å². The molecule has 42 valence electrons. The van der Waals surface area contributed by atoms with Crippen molar-refractivity contribution in [3.05, 3.63) is 0 Å². The zero-order valence-electron chi connectivity index (χ0n) is 6.22. The van der Waals surface area contributed by atoms with Crippen molar-refractivity contribution in [3.63, 3.8) is 0 Å². The molecule has 1 N–H and O–H groups in total. The number of hydrogen-bond acceptors (Lipinski definition) is 2. The van der Waals surface area contributed by atoms with E-state index in [9.17, 15) is 0 Å². The van der Waals surface area contributed by atoms with E-state index in [2.05, 4.69) is 5.16 Å². The third-order valence-electron chi connectivity index (χ3n) is 1.32. The van der Waals surface area contributed by atoms with Gasteiger partial charge in [0.2, 0.25) is 0 Å². The van der Waals surface area contributed by atoms with Crippen molar-refractivity contribution in [1.29, 1.82) is 0 Å². The maximum atomic E-state index is 8.15. The quantitative estimate of drug-likeness (QED) is 0.237. The summed E-state index contributed by atoms with van der Waals surface area (Å²) in [5, 5.41) is 11.3. The van der Waals surface area contributed by atoms with Crippen molar-refractivity contribution >= 4 is 5.71 Å². The van der Waals surface area contributed by atoms with Crippen molar-refractivity contribution in [2.75, 3.05) is 0 Å². The summed E-state index contributed by atoms with van der Waals surface area (Å²) in [4.78, 5) is 0. The Labute approximate surface area is 72.7 Å². The van der Waals surface area contributed by atoms with Gasteiger partial charge in [0, 0.05) is 0 Å². The number of hydrogen-bond donors (Lipinski definition) is 1. The molecule has 0 spiro atoms. The molecule has 0 aliphatic heterocycles. The van der Waals surface area contributed by atoms with Gasteiger partial charge in [-0.1, -0.05) is 5.16 Å². The van der Waals surface area contributed by atoms with Gasteiger partial charge in [-0.05, 0) is 25.7 Å². The predicted octanol–water partition coefficient (Wildman–Crippen LogP) is -1.49. The van der Waals surface area contributed by atoms with Crippen molar-refractivity contribution in [2.24, 2.45) is 5.16 Å². The fourth-order valence-electron chi connectivity index (χ4n) is 0.883. The summed E-state index contributed by atoms with van der Waals surface area (Å²) in [5.74, 6) is 0. The number of oxime groups is 1. The third-order valence-corrected chi connectivity index (χ3v) is 1.32. The van der Waals surface area contributed by atoms with Crippen molar-refractivity contribution in [2.45, 2.75) is 25.7 Å². The monoisotopic (exact) mass is 123 g/mol. The molecule has 1 aliphatic carbocycles. The van der Waals surface area contributed by atoms with E-state index in [-0.39, 0.29) is 31.0 Å². The van der Waals surface area contributed by atoms with Gasteiger partial charge in [-0.3, -0.25) is 0 Å². The zero-order valence-corrected chi connectivity index (χ0v) is 7.22. The molecule has 2 nitrogen and oxygen atoms in total. The van der Waals surface area contributed by atoms with E-state index in [1.165, 1.54) is 12.8 Å². The van der Waals surface area contributed by atoms with E-state index in [4.69, 9.17) is 5.21 Å². The maximum absolute atomic E-state index is 8.15. The van der Waals surface area contributed by atoms with E-state index in [1.54, 1.807) is 0 Å². The molecular formula is C5H10NNaO. The minimum atomic E-state index is 0. The predicted molar refractivity (Wildman–Crippen MR) is 28.8 cm³/mol. The van der Waals surface area contributed by atoms with Gasteiger partial charge in [0.1, 0.15) is 0 Å². The summed E-state index contributed by atoms with van der Waals surface area (Å²) in [5.41, 5.74) is 0.972. The van der Waals surface area contributed by atoms with Crippen LogP contribution in [0.25, 0.3) is 0 Å². The smallest absolute Gasteiger partial charge is 1.00 e. The fourth-order valence-corrected chi connectivity index (χ4v) is 0.883. The SMILES string of the molecule is ON=C1CCCC1.[H-].[Na+]. The molecule has 0 amide bonds. The van der Waals surface area contributed by atoms with Gasteiger partial charge in [-0.15, -0.1) is 0 Å². The molecule has 1 saturated carbocycles. The van der Waals surface area contributed by atoms with Gasteiger partial charge in [0.05, 0.1) is 5.71 Å². The van der Waals surface area contributed by atoms with Crippen molar-refractivity contribution < 1.29 is 36.2 Å². The first kappa shape index (κ1) is 8.47. The summed E-state index contributed by atoms with van der Waals surface area (Å²) >= 11 is 0. The Kier molecular flexibility index (Phi) is 4.61. The normalized spacial score (nSPS) is 17.8. The average molecular weight is 123 g/mol. The molecular weight excluding hydrogens is 113 g/mol. The van der Waals surface area contributed by atoms with Gasteiger partial charge in [-0.2, -0.15) is 0 Å². The Morgan fingerprint density at radius 2 is 1.88 bits per heavy atom. The summed E-state index contributed by atoms with van der Waals surface area (Å²) in [6.07, 6.45) is 4.44. The van der Waals surface area contributed by atoms with Gasteiger partial charge in [0.15, 0.2) is 0 Å². The van der Waals surface area contributed by atoms with Crippen LogP contribution in [0.4, 0.5) is 0 Å². The summed E-state index contributed by atoms with van der Waals surface area (Å²) in [7, 11) is 0. The average Bonchev–Trinajstić information content (AvgIpc) is 2.14. The standard InChI is InChI=1S/C5H9NO.Na.H/c7-6-5-3-1-2-4-5;;/h7H,1-4H2;;/q;+1;-1. The molecule has 0 atom stereocenters. The molecule has 0 aromatic carbocycles. The van der Waals surface area contributed by atoms with E-state index in [0.29, 0.717) is 0 Å². The minimum Gasteiger partial charge on any atom is -1.00 e. The van der Waals surface area contributed by atoms with Crippen LogP contribution in [0.5, 0.6) is 0 Å². The molecule has 0 aromatic heterocycles. The van der Waals surface area contributed by atoms with Crippen LogP contribution in [0.1, 0.15) is 27.1 Å². The van der Waals surface area contributed by atoms with Gasteiger partial charge < -0.3 is 6.63 Å². The van der Waals surface area contributed by atoms with Crippen LogP contribution < -0.4 is 29.6 Å². The molecule has 1 aliphatic rings. The molecule has 0 heterocycles. The first-order chi connectivity index (χ1) is 3.43. The largest absolute Gasteiger partial charge is 1.00 e. The Hall–Kier alpha value is 0.470. The fraction of sp³-hybridized carbons (Fsp3) is 0.800. The Balaban J connectivity index is 0. The van der Waals surface area contributed by atoms with Crippen molar-refractivity contribution in [1.82, 2.24) is 0 Å². The van der Waals surface area contributed by atoms with Crippen LogP contribution in [0.15, 0.2) is 5.16 Å². The molecule has 3 heteroatoms. The first-order valence-electron chi connectivity index (χ1n) is 2.63. The number of rotatable bonds is 0. The van der Waals surface area contributed by atoms with E-state index in [0.717, 1.165) is 18.6 Å². The van der Waals surface area contributed by atoms with Gasteiger partial charge in [-0.25, -0.2) is 0 Å².